The van der Waals surface area contributed by atoms with Crippen LogP contribution in [0.3, 0.4) is 0 Å². The molecule has 0 rings (SSSR count). The maximum atomic E-state index is 8.71. The maximum absolute atomic E-state index is 8.71. The first-order valence-electron chi connectivity index (χ1n) is 4.83. The van der Waals surface area contributed by atoms with Crippen LogP contribution in [-0.4, -0.2) is 11.7 Å². The zero-order chi connectivity index (χ0) is 8.69. The van der Waals surface area contributed by atoms with Crippen molar-refractivity contribution in [3.63, 3.8) is 0 Å². The van der Waals surface area contributed by atoms with Crippen LogP contribution in [-0.2, 0) is 0 Å². The molecular weight excluding hydrogens is 136 g/mol. The van der Waals surface area contributed by atoms with Gasteiger partial charge in [-0.25, -0.2) is 0 Å². The van der Waals surface area contributed by atoms with Crippen LogP contribution in [0.4, 0.5) is 0 Å². The van der Waals surface area contributed by atoms with E-state index in [1.54, 1.807) is 0 Å². The number of aliphatic hydroxyl groups excluding tert-OH is 1. The molecule has 1 nitrogen and oxygen atoms in total. The van der Waals surface area contributed by atoms with Gasteiger partial charge in [-0.1, -0.05) is 40.0 Å². The Balaban J connectivity index is 3.38. The van der Waals surface area contributed by atoms with Crippen molar-refractivity contribution in [1.82, 2.24) is 0 Å². The standard InChI is InChI=1S/C10H22O/c1-4-5-6-9(2)10(3)7-8-11/h9-11H,4-8H2,1-3H3. The molecule has 0 saturated heterocycles. The summed E-state index contributed by atoms with van der Waals surface area (Å²) in [7, 11) is 0. The zero-order valence-corrected chi connectivity index (χ0v) is 8.14. The third-order valence-corrected chi connectivity index (χ3v) is 2.57. The van der Waals surface area contributed by atoms with Gasteiger partial charge in [0.2, 0.25) is 0 Å². The Kier molecular flexibility index (Phi) is 6.63. The van der Waals surface area contributed by atoms with Crippen LogP contribution in [0.15, 0.2) is 0 Å². The number of aliphatic hydroxyl groups is 1. The van der Waals surface area contributed by atoms with Gasteiger partial charge in [0.15, 0.2) is 0 Å². The molecule has 0 aromatic heterocycles. The summed E-state index contributed by atoms with van der Waals surface area (Å²) >= 11 is 0. The average molecular weight is 158 g/mol. The largest absolute Gasteiger partial charge is 0.396 e. The molecule has 0 spiro atoms. The first kappa shape index (κ1) is 11.0. The fourth-order valence-electron chi connectivity index (χ4n) is 1.30. The second kappa shape index (κ2) is 6.66. The minimum absolute atomic E-state index is 0.345. The lowest BCUT2D eigenvalue weighted by Gasteiger charge is -2.18. The van der Waals surface area contributed by atoms with Crippen molar-refractivity contribution in [1.29, 1.82) is 0 Å². The molecule has 0 fully saturated rings. The van der Waals surface area contributed by atoms with Crippen molar-refractivity contribution < 1.29 is 5.11 Å². The van der Waals surface area contributed by atoms with Crippen molar-refractivity contribution in [3.05, 3.63) is 0 Å². The quantitative estimate of drug-likeness (QED) is 0.630. The molecule has 0 bridgehead atoms. The van der Waals surface area contributed by atoms with E-state index in [2.05, 4.69) is 20.8 Å². The van der Waals surface area contributed by atoms with Gasteiger partial charge < -0.3 is 5.11 Å². The molecule has 0 heterocycles. The van der Waals surface area contributed by atoms with Crippen LogP contribution in [0.25, 0.3) is 0 Å². The number of hydrogen-bond donors (Lipinski definition) is 1. The molecule has 11 heavy (non-hydrogen) atoms. The van der Waals surface area contributed by atoms with Crippen molar-refractivity contribution >= 4 is 0 Å². The van der Waals surface area contributed by atoms with Gasteiger partial charge in [0.1, 0.15) is 0 Å². The number of unbranched alkanes of at least 4 members (excludes halogenated alkanes) is 1. The second-order valence-corrected chi connectivity index (χ2v) is 3.61. The predicted octanol–water partition coefficient (Wildman–Crippen LogP) is 2.83. The molecule has 0 radical (unpaired) electrons. The Morgan fingerprint density at radius 3 is 2.09 bits per heavy atom. The minimum atomic E-state index is 0.345. The third-order valence-electron chi connectivity index (χ3n) is 2.57. The van der Waals surface area contributed by atoms with Gasteiger partial charge in [0, 0.05) is 6.61 Å². The van der Waals surface area contributed by atoms with E-state index in [4.69, 9.17) is 5.11 Å². The van der Waals surface area contributed by atoms with E-state index in [0.717, 1.165) is 12.3 Å². The average Bonchev–Trinajstić information content (AvgIpc) is 2.00. The van der Waals surface area contributed by atoms with Gasteiger partial charge in [0.05, 0.1) is 0 Å². The maximum Gasteiger partial charge on any atom is 0.0433 e. The monoisotopic (exact) mass is 158 g/mol. The second-order valence-electron chi connectivity index (χ2n) is 3.61. The Morgan fingerprint density at radius 1 is 1.09 bits per heavy atom. The number of hydrogen-bond acceptors (Lipinski definition) is 1. The summed E-state index contributed by atoms with van der Waals surface area (Å²) in [5.74, 6) is 1.47. The Hall–Kier alpha value is -0.0400. The SMILES string of the molecule is CCCCC(C)C(C)CCO. The summed E-state index contributed by atoms with van der Waals surface area (Å²) in [6.07, 6.45) is 4.90. The predicted molar refractivity (Wildman–Crippen MR) is 49.6 cm³/mol. The summed E-state index contributed by atoms with van der Waals surface area (Å²) in [5.41, 5.74) is 0. The lowest BCUT2D eigenvalue weighted by Crippen LogP contribution is -2.09. The van der Waals surface area contributed by atoms with Gasteiger partial charge in [-0.05, 0) is 18.3 Å². The highest BCUT2D eigenvalue weighted by atomic mass is 16.3. The molecule has 0 aliphatic rings. The lowest BCUT2D eigenvalue weighted by molar-refractivity contribution is 0.229. The van der Waals surface area contributed by atoms with Gasteiger partial charge in [-0.3, -0.25) is 0 Å². The van der Waals surface area contributed by atoms with Crippen LogP contribution in [0.1, 0.15) is 46.5 Å². The molecule has 0 aliphatic carbocycles. The summed E-state index contributed by atoms with van der Waals surface area (Å²) in [5, 5.41) is 8.71. The summed E-state index contributed by atoms with van der Waals surface area (Å²) in [6, 6.07) is 0. The topological polar surface area (TPSA) is 20.2 Å². The van der Waals surface area contributed by atoms with E-state index < -0.39 is 0 Å². The van der Waals surface area contributed by atoms with Crippen molar-refractivity contribution in [2.24, 2.45) is 11.8 Å². The van der Waals surface area contributed by atoms with E-state index in [1.807, 2.05) is 0 Å². The van der Waals surface area contributed by atoms with E-state index in [9.17, 15) is 0 Å². The summed E-state index contributed by atoms with van der Waals surface area (Å²) in [4.78, 5) is 0. The van der Waals surface area contributed by atoms with Crippen molar-refractivity contribution in [3.8, 4) is 0 Å². The fourth-order valence-corrected chi connectivity index (χ4v) is 1.30. The van der Waals surface area contributed by atoms with Gasteiger partial charge >= 0.3 is 0 Å². The van der Waals surface area contributed by atoms with E-state index in [1.165, 1.54) is 19.3 Å². The molecule has 0 aromatic carbocycles. The smallest absolute Gasteiger partial charge is 0.0433 e. The highest BCUT2D eigenvalue weighted by Crippen LogP contribution is 2.19. The molecule has 0 aliphatic heterocycles. The summed E-state index contributed by atoms with van der Waals surface area (Å²) in [6.45, 7) is 7.09. The minimum Gasteiger partial charge on any atom is -0.396 e. The normalized spacial score (nSPS) is 16.4. The first-order valence-corrected chi connectivity index (χ1v) is 4.83. The fraction of sp³-hybridized carbons (Fsp3) is 1.00. The molecule has 1 N–H and O–H groups in total. The molecule has 68 valence electrons. The van der Waals surface area contributed by atoms with Crippen molar-refractivity contribution in [2.75, 3.05) is 6.61 Å². The third kappa shape index (κ3) is 5.25. The molecule has 2 unspecified atom stereocenters. The lowest BCUT2D eigenvalue weighted by atomic mass is 9.89. The van der Waals surface area contributed by atoms with E-state index in [-0.39, 0.29) is 0 Å². The van der Waals surface area contributed by atoms with Crippen LogP contribution < -0.4 is 0 Å². The van der Waals surface area contributed by atoms with Gasteiger partial charge in [-0.15, -0.1) is 0 Å². The van der Waals surface area contributed by atoms with Crippen LogP contribution in [0, 0.1) is 11.8 Å². The molecule has 2 atom stereocenters. The molecule has 0 saturated carbocycles. The highest BCUT2D eigenvalue weighted by Gasteiger charge is 2.10. The molecule has 0 amide bonds. The highest BCUT2D eigenvalue weighted by molar-refractivity contribution is 4.61. The Bertz CT molecular complexity index is 80.9. The molecule has 0 aromatic rings. The number of rotatable bonds is 6. The Labute approximate surface area is 70.8 Å². The zero-order valence-electron chi connectivity index (χ0n) is 8.14. The van der Waals surface area contributed by atoms with E-state index in [0.29, 0.717) is 12.5 Å². The van der Waals surface area contributed by atoms with Crippen LogP contribution in [0.2, 0.25) is 0 Å². The van der Waals surface area contributed by atoms with Gasteiger partial charge in [-0.2, -0.15) is 0 Å². The molecular formula is C10H22O. The van der Waals surface area contributed by atoms with Gasteiger partial charge in [0.25, 0.3) is 0 Å². The Morgan fingerprint density at radius 2 is 1.64 bits per heavy atom. The van der Waals surface area contributed by atoms with Crippen LogP contribution >= 0.6 is 0 Å². The van der Waals surface area contributed by atoms with Crippen molar-refractivity contribution in [2.45, 2.75) is 46.5 Å². The van der Waals surface area contributed by atoms with E-state index >= 15 is 0 Å². The summed E-state index contributed by atoms with van der Waals surface area (Å²) < 4.78 is 0. The van der Waals surface area contributed by atoms with Crippen LogP contribution in [0.5, 0.6) is 0 Å². The molecule has 1 heteroatoms. The first-order chi connectivity index (χ1) is 5.22.